The molecule has 1 fully saturated rings. The molecule has 0 heterocycles. The number of halogens is 1. The molecular weight excluding hydrogens is 271 g/mol. The van der Waals surface area contributed by atoms with Crippen molar-refractivity contribution in [2.45, 2.75) is 25.7 Å². The number of ether oxygens (including phenoxy) is 1. The summed E-state index contributed by atoms with van der Waals surface area (Å²) in [6.07, 6.45) is 4.71. The lowest BCUT2D eigenvalue weighted by Crippen LogP contribution is -2.31. The van der Waals surface area contributed by atoms with E-state index < -0.39 is 0 Å². The Kier molecular flexibility index (Phi) is 6.14. The van der Waals surface area contributed by atoms with Crippen molar-refractivity contribution in [2.24, 2.45) is 17.6 Å². The zero-order chi connectivity index (χ0) is 15.1. The molecule has 0 radical (unpaired) electrons. The van der Waals surface area contributed by atoms with Crippen LogP contribution in [-0.4, -0.2) is 25.7 Å². The van der Waals surface area contributed by atoms with Gasteiger partial charge in [0.1, 0.15) is 12.4 Å². The van der Waals surface area contributed by atoms with Crippen LogP contribution in [0.2, 0.25) is 0 Å². The van der Waals surface area contributed by atoms with Gasteiger partial charge in [-0.15, -0.1) is 0 Å². The second kappa shape index (κ2) is 8.10. The number of hydrogen-bond acceptors (Lipinski definition) is 3. The molecular formula is C16H23FN2O2. The Morgan fingerprint density at radius 1 is 1.33 bits per heavy atom. The van der Waals surface area contributed by atoms with Crippen LogP contribution in [-0.2, 0) is 9.53 Å². The van der Waals surface area contributed by atoms with Gasteiger partial charge in [0.05, 0.1) is 6.61 Å². The molecule has 2 rings (SSSR count). The number of carbonyl (C=O) groups is 1. The van der Waals surface area contributed by atoms with Crippen LogP contribution in [0.1, 0.15) is 25.7 Å². The summed E-state index contributed by atoms with van der Waals surface area (Å²) >= 11 is 0. The Morgan fingerprint density at radius 2 is 2.10 bits per heavy atom. The van der Waals surface area contributed by atoms with E-state index in [9.17, 15) is 9.18 Å². The highest BCUT2D eigenvalue weighted by Gasteiger charge is 2.24. The van der Waals surface area contributed by atoms with Crippen molar-refractivity contribution in [3.63, 3.8) is 0 Å². The topological polar surface area (TPSA) is 64.3 Å². The molecule has 1 aliphatic carbocycles. The molecule has 1 amide bonds. The van der Waals surface area contributed by atoms with Gasteiger partial charge < -0.3 is 15.8 Å². The largest absolute Gasteiger partial charge is 0.371 e. The number of nitrogens with two attached hydrogens (primary N) is 1. The molecule has 5 heteroatoms. The molecule has 1 saturated carbocycles. The van der Waals surface area contributed by atoms with Crippen LogP contribution in [0.5, 0.6) is 0 Å². The fourth-order valence-corrected chi connectivity index (χ4v) is 2.88. The highest BCUT2D eigenvalue weighted by Crippen LogP contribution is 2.29. The smallest absolute Gasteiger partial charge is 0.250 e. The Morgan fingerprint density at radius 3 is 2.81 bits per heavy atom. The molecule has 4 nitrogen and oxygen atoms in total. The number of nitrogens with one attached hydrogen (secondary N) is 1. The second-order valence-corrected chi connectivity index (χ2v) is 5.61. The third kappa shape index (κ3) is 5.10. The number of anilines is 1. The first-order valence-electron chi connectivity index (χ1n) is 7.52. The van der Waals surface area contributed by atoms with Crippen LogP contribution in [0.25, 0.3) is 0 Å². The van der Waals surface area contributed by atoms with Crippen LogP contribution in [0.15, 0.2) is 24.3 Å². The average molecular weight is 294 g/mol. The minimum Gasteiger partial charge on any atom is -0.371 e. The van der Waals surface area contributed by atoms with E-state index in [2.05, 4.69) is 5.32 Å². The van der Waals surface area contributed by atoms with E-state index >= 15 is 0 Å². The molecule has 116 valence electrons. The summed E-state index contributed by atoms with van der Waals surface area (Å²) in [6.45, 7) is 1.24. The minimum absolute atomic E-state index is 0.00962. The zero-order valence-electron chi connectivity index (χ0n) is 12.2. The molecule has 0 aromatic heterocycles. The number of carbonyl (C=O) groups excluding carboxylic acids is 1. The standard InChI is InChI=1S/C16H23FN2O2/c17-14-6-3-7-15(8-14)19-16(20)11-21-10-13-5-2-1-4-12(13)9-18/h3,6-8,12-13H,1-2,4-5,9-11,18H2,(H,19,20). The van der Waals surface area contributed by atoms with Gasteiger partial charge in [-0.25, -0.2) is 4.39 Å². The van der Waals surface area contributed by atoms with Gasteiger partial charge >= 0.3 is 0 Å². The van der Waals surface area contributed by atoms with E-state index in [1.165, 1.54) is 25.0 Å². The zero-order valence-corrected chi connectivity index (χ0v) is 12.2. The normalized spacial score (nSPS) is 22.0. The maximum absolute atomic E-state index is 13.0. The van der Waals surface area contributed by atoms with Gasteiger partial charge in [0.25, 0.3) is 0 Å². The summed E-state index contributed by atoms with van der Waals surface area (Å²) in [7, 11) is 0. The van der Waals surface area contributed by atoms with Gasteiger partial charge in [-0.3, -0.25) is 4.79 Å². The third-order valence-electron chi connectivity index (χ3n) is 4.04. The van der Waals surface area contributed by atoms with Gasteiger partial charge in [0.15, 0.2) is 0 Å². The van der Waals surface area contributed by atoms with Gasteiger partial charge in [0.2, 0.25) is 5.91 Å². The minimum atomic E-state index is -0.373. The van der Waals surface area contributed by atoms with E-state index in [0.717, 1.165) is 12.8 Å². The van der Waals surface area contributed by atoms with Gasteiger partial charge in [0, 0.05) is 5.69 Å². The first-order chi connectivity index (χ1) is 10.2. The highest BCUT2D eigenvalue weighted by atomic mass is 19.1. The first kappa shape index (κ1) is 15.9. The molecule has 1 aromatic rings. The maximum Gasteiger partial charge on any atom is 0.250 e. The van der Waals surface area contributed by atoms with Crippen molar-refractivity contribution in [3.05, 3.63) is 30.1 Å². The number of rotatable bonds is 6. The summed E-state index contributed by atoms with van der Waals surface area (Å²) in [4.78, 5) is 11.7. The van der Waals surface area contributed by atoms with Gasteiger partial charge in [-0.05, 0) is 49.4 Å². The van der Waals surface area contributed by atoms with Crippen molar-refractivity contribution in [1.82, 2.24) is 0 Å². The molecule has 3 N–H and O–H groups in total. The lowest BCUT2D eigenvalue weighted by molar-refractivity contribution is -0.121. The highest BCUT2D eigenvalue weighted by molar-refractivity contribution is 5.91. The third-order valence-corrected chi connectivity index (χ3v) is 4.04. The Balaban J connectivity index is 1.71. The molecule has 2 atom stereocenters. The number of hydrogen-bond donors (Lipinski definition) is 2. The maximum atomic E-state index is 13.0. The van der Waals surface area contributed by atoms with E-state index in [0.29, 0.717) is 30.7 Å². The molecule has 1 aliphatic rings. The van der Waals surface area contributed by atoms with Crippen molar-refractivity contribution < 1.29 is 13.9 Å². The van der Waals surface area contributed by atoms with Crippen LogP contribution in [0.4, 0.5) is 10.1 Å². The predicted octanol–water partition coefficient (Wildman–Crippen LogP) is 2.55. The molecule has 1 aromatic carbocycles. The van der Waals surface area contributed by atoms with Gasteiger partial charge in [-0.1, -0.05) is 18.9 Å². The number of benzene rings is 1. The molecule has 0 saturated heterocycles. The monoisotopic (exact) mass is 294 g/mol. The molecule has 0 spiro atoms. The summed E-state index contributed by atoms with van der Waals surface area (Å²) in [5.41, 5.74) is 6.22. The fourth-order valence-electron chi connectivity index (χ4n) is 2.88. The summed E-state index contributed by atoms with van der Waals surface area (Å²) in [6, 6.07) is 5.82. The second-order valence-electron chi connectivity index (χ2n) is 5.61. The molecule has 0 bridgehead atoms. The lowest BCUT2D eigenvalue weighted by atomic mass is 9.80. The van der Waals surface area contributed by atoms with E-state index in [-0.39, 0.29) is 18.3 Å². The van der Waals surface area contributed by atoms with Crippen LogP contribution >= 0.6 is 0 Å². The van der Waals surface area contributed by atoms with Crippen LogP contribution < -0.4 is 11.1 Å². The van der Waals surface area contributed by atoms with Crippen molar-refractivity contribution in [2.75, 3.05) is 25.1 Å². The van der Waals surface area contributed by atoms with E-state index in [1.807, 2.05) is 0 Å². The van der Waals surface area contributed by atoms with Crippen molar-refractivity contribution >= 4 is 11.6 Å². The fraction of sp³-hybridized carbons (Fsp3) is 0.562. The van der Waals surface area contributed by atoms with Crippen LogP contribution in [0.3, 0.4) is 0 Å². The summed E-state index contributed by atoms with van der Waals surface area (Å²) in [5, 5.41) is 2.62. The van der Waals surface area contributed by atoms with Crippen molar-refractivity contribution in [1.29, 1.82) is 0 Å². The number of amides is 1. The Labute approximate surface area is 124 Å². The predicted molar refractivity (Wildman–Crippen MR) is 80.4 cm³/mol. The summed E-state index contributed by atoms with van der Waals surface area (Å²) < 4.78 is 18.5. The summed E-state index contributed by atoms with van der Waals surface area (Å²) in [5.74, 6) is 0.318. The molecule has 2 unspecified atom stereocenters. The average Bonchev–Trinajstić information content (AvgIpc) is 2.47. The first-order valence-corrected chi connectivity index (χ1v) is 7.52. The Hall–Kier alpha value is -1.46. The Bertz CT molecular complexity index is 467. The van der Waals surface area contributed by atoms with E-state index in [4.69, 9.17) is 10.5 Å². The lowest BCUT2D eigenvalue weighted by Gasteiger charge is -2.30. The quantitative estimate of drug-likeness (QED) is 0.847. The molecule has 21 heavy (non-hydrogen) atoms. The van der Waals surface area contributed by atoms with Crippen LogP contribution in [0, 0.1) is 17.7 Å². The SMILES string of the molecule is NCC1CCCCC1COCC(=O)Nc1cccc(F)c1. The van der Waals surface area contributed by atoms with Crippen molar-refractivity contribution in [3.8, 4) is 0 Å². The van der Waals surface area contributed by atoms with Gasteiger partial charge in [-0.2, -0.15) is 0 Å². The molecule has 0 aliphatic heterocycles. The van der Waals surface area contributed by atoms with E-state index in [1.54, 1.807) is 12.1 Å².